The van der Waals surface area contributed by atoms with Crippen LogP contribution in [-0.4, -0.2) is 12.8 Å². The number of hydrogen-bond acceptors (Lipinski definition) is 6. The number of ether oxygens (including phenoxy) is 3. The predicted molar refractivity (Wildman–Crippen MR) is 103 cm³/mol. The fraction of sp³-hybridized carbons (Fsp3) is 0.273. The van der Waals surface area contributed by atoms with Gasteiger partial charge in [0.2, 0.25) is 6.79 Å². The van der Waals surface area contributed by atoms with Gasteiger partial charge in [0, 0.05) is 23.9 Å². The Morgan fingerprint density at radius 2 is 1.89 bits per heavy atom. The van der Waals surface area contributed by atoms with E-state index in [0.717, 1.165) is 29.4 Å². The fourth-order valence-electron chi connectivity index (χ4n) is 3.28. The molecule has 6 nitrogen and oxygen atoms in total. The summed E-state index contributed by atoms with van der Waals surface area (Å²) in [6.07, 6.45) is 2.46. The zero-order valence-electron chi connectivity index (χ0n) is 15.5. The molecule has 28 heavy (non-hydrogen) atoms. The van der Waals surface area contributed by atoms with Gasteiger partial charge in [-0.2, -0.15) is 0 Å². The van der Waals surface area contributed by atoms with Gasteiger partial charge in [-0.05, 0) is 48.2 Å². The molecule has 0 amide bonds. The molecular weight excluding hydrogens is 360 g/mol. The van der Waals surface area contributed by atoms with Crippen molar-refractivity contribution in [3.63, 3.8) is 0 Å². The number of hydrogen-bond donors (Lipinski definition) is 0. The van der Waals surface area contributed by atoms with E-state index in [1.165, 1.54) is 6.07 Å². The average molecular weight is 380 g/mol. The van der Waals surface area contributed by atoms with Crippen molar-refractivity contribution in [3.05, 3.63) is 64.0 Å². The molecule has 6 heteroatoms. The molecule has 0 saturated heterocycles. The maximum atomic E-state index is 12.2. The molecule has 1 aliphatic heterocycles. The Balaban J connectivity index is 1.44. The minimum absolute atomic E-state index is 0.220. The van der Waals surface area contributed by atoms with Crippen LogP contribution in [0.5, 0.6) is 17.2 Å². The highest BCUT2D eigenvalue weighted by molar-refractivity contribution is 5.82. The van der Waals surface area contributed by atoms with E-state index < -0.39 is 5.63 Å². The third-order valence-electron chi connectivity index (χ3n) is 4.61. The first-order valence-electron chi connectivity index (χ1n) is 9.28. The molecule has 1 aromatic heterocycles. The van der Waals surface area contributed by atoms with E-state index in [2.05, 4.69) is 6.92 Å². The van der Waals surface area contributed by atoms with Crippen LogP contribution in [-0.2, 0) is 17.6 Å². The Bertz CT molecular complexity index is 1080. The first-order valence-corrected chi connectivity index (χ1v) is 9.28. The van der Waals surface area contributed by atoms with Gasteiger partial charge >= 0.3 is 11.6 Å². The zero-order chi connectivity index (χ0) is 19.5. The fourth-order valence-corrected chi connectivity index (χ4v) is 3.28. The second-order valence-corrected chi connectivity index (χ2v) is 6.66. The molecular formula is C22H20O6. The van der Waals surface area contributed by atoms with E-state index in [1.54, 1.807) is 12.1 Å². The minimum Gasteiger partial charge on any atom is -0.454 e. The monoisotopic (exact) mass is 380 g/mol. The molecule has 0 aliphatic carbocycles. The van der Waals surface area contributed by atoms with Gasteiger partial charge in [-0.1, -0.05) is 19.4 Å². The lowest BCUT2D eigenvalue weighted by atomic mass is 10.1. The summed E-state index contributed by atoms with van der Waals surface area (Å²) in [5.41, 5.74) is 1.93. The third kappa shape index (κ3) is 3.86. The molecule has 0 N–H and O–H groups in total. The summed E-state index contributed by atoms with van der Waals surface area (Å²) >= 11 is 0. The second-order valence-electron chi connectivity index (χ2n) is 6.66. The maximum absolute atomic E-state index is 12.2. The summed E-state index contributed by atoms with van der Waals surface area (Å²) in [6, 6.07) is 12.3. The summed E-state index contributed by atoms with van der Waals surface area (Å²) in [7, 11) is 0. The first kappa shape index (κ1) is 18.1. The number of carbonyl (C=O) groups excluding carboxylic acids is 1. The average Bonchev–Trinajstić information content (AvgIpc) is 3.14. The molecule has 144 valence electrons. The van der Waals surface area contributed by atoms with Gasteiger partial charge in [-0.25, -0.2) is 4.79 Å². The van der Waals surface area contributed by atoms with Crippen molar-refractivity contribution in [2.24, 2.45) is 0 Å². The summed E-state index contributed by atoms with van der Waals surface area (Å²) < 4.78 is 21.3. The second kappa shape index (κ2) is 7.76. The molecule has 2 heterocycles. The van der Waals surface area contributed by atoms with Crippen molar-refractivity contribution in [2.75, 3.05) is 6.79 Å². The Hall–Kier alpha value is -3.28. The molecule has 3 aromatic rings. The van der Waals surface area contributed by atoms with E-state index in [-0.39, 0.29) is 19.2 Å². The van der Waals surface area contributed by atoms with E-state index in [0.29, 0.717) is 29.3 Å². The first-order chi connectivity index (χ1) is 13.6. The molecule has 4 rings (SSSR count). The van der Waals surface area contributed by atoms with Gasteiger partial charge in [0.1, 0.15) is 11.3 Å². The van der Waals surface area contributed by atoms with E-state index in [1.807, 2.05) is 24.3 Å². The molecule has 0 saturated carbocycles. The summed E-state index contributed by atoms with van der Waals surface area (Å²) in [5, 5.41) is 0.863. The standard InChI is InChI=1S/C22H20O6/c1-2-3-15-11-22(24)28-19-12-16(6-7-17(15)19)27-21(23)9-5-14-4-8-18-20(10-14)26-13-25-18/h4,6-8,10-12H,2-3,5,9,13H2,1H3. The van der Waals surface area contributed by atoms with Gasteiger partial charge in [0.05, 0.1) is 0 Å². The highest BCUT2D eigenvalue weighted by Gasteiger charge is 2.14. The van der Waals surface area contributed by atoms with E-state index in [4.69, 9.17) is 18.6 Å². The molecule has 0 unspecified atom stereocenters. The minimum atomic E-state index is -0.401. The van der Waals surface area contributed by atoms with Crippen LogP contribution in [0.2, 0.25) is 0 Å². The number of aryl methyl sites for hydroxylation is 2. The van der Waals surface area contributed by atoms with Crippen LogP contribution < -0.4 is 19.8 Å². The summed E-state index contributed by atoms with van der Waals surface area (Å²) in [6.45, 7) is 2.27. The molecule has 0 bridgehead atoms. The lowest BCUT2D eigenvalue weighted by Crippen LogP contribution is -2.09. The van der Waals surface area contributed by atoms with Crippen LogP contribution >= 0.6 is 0 Å². The van der Waals surface area contributed by atoms with Crippen molar-refractivity contribution in [3.8, 4) is 17.2 Å². The summed E-state index contributed by atoms with van der Waals surface area (Å²) in [4.78, 5) is 24.0. The Morgan fingerprint density at radius 3 is 2.75 bits per heavy atom. The normalized spacial score (nSPS) is 12.3. The van der Waals surface area contributed by atoms with Crippen molar-refractivity contribution in [2.45, 2.75) is 32.6 Å². The smallest absolute Gasteiger partial charge is 0.336 e. The van der Waals surface area contributed by atoms with Crippen LogP contribution in [0.4, 0.5) is 0 Å². The van der Waals surface area contributed by atoms with Crippen molar-refractivity contribution < 1.29 is 23.4 Å². The number of carbonyl (C=O) groups is 1. The quantitative estimate of drug-likeness (QED) is 0.365. The number of benzene rings is 2. The topological polar surface area (TPSA) is 75.0 Å². The predicted octanol–water partition coefficient (Wildman–Crippen LogP) is 4.01. The van der Waals surface area contributed by atoms with Gasteiger partial charge < -0.3 is 18.6 Å². The highest BCUT2D eigenvalue weighted by atomic mass is 16.7. The molecule has 0 fully saturated rings. The van der Waals surface area contributed by atoms with Crippen LogP contribution in [0.15, 0.2) is 51.7 Å². The molecule has 0 spiro atoms. The highest BCUT2D eigenvalue weighted by Crippen LogP contribution is 2.32. The number of rotatable bonds is 6. The Kier molecular flexibility index (Phi) is 5.02. The summed E-state index contributed by atoms with van der Waals surface area (Å²) in [5.74, 6) is 1.41. The third-order valence-corrected chi connectivity index (χ3v) is 4.61. The molecule has 2 aromatic carbocycles. The van der Waals surface area contributed by atoms with E-state index >= 15 is 0 Å². The molecule has 1 aliphatic rings. The van der Waals surface area contributed by atoms with Crippen LogP contribution in [0.3, 0.4) is 0 Å². The van der Waals surface area contributed by atoms with Gasteiger partial charge in [0.25, 0.3) is 0 Å². The van der Waals surface area contributed by atoms with Gasteiger partial charge in [-0.15, -0.1) is 0 Å². The number of esters is 1. The van der Waals surface area contributed by atoms with Crippen LogP contribution in [0.25, 0.3) is 11.0 Å². The van der Waals surface area contributed by atoms with Crippen molar-refractivity contribution in [1.82, 2.24) is 0 Å². The van der Waals surface area contributed by atoms with Gasteiger partial charge in [0.15, 0.2) is 11.5 Å². The Morgan fingerprint density at radius 1 is 1.04 bits per heavy atom. The lowest BCUT2D eigenvalue weighted by Gasteiger charge is -2.08. The maximum Gasteiger partial charge on any atom is 0.336 e. The molecule has 0 atom stereocenters. The van der Waals surface area contributed by atoms with Crippen LogP contribution in [0.1, 0.15) is 30.9 Å². The van der Waals surface area contributed by atoms with Crippen molar-refractivity contribution >= 4 is 16.9 Å². The van der Waals surface area contributed by atoms with Crippen molar-refractivity contribution in [1.29, 1.82) is 0 Å². The van der Waals surface area contributed by atoms with Crippen LogP contribution in [0, 0.1) is 0 Å². The zero-order valence-corrected chi connectivity index (χ0v) is 15.5. The van der Waals surface area contributed by atoms with Gasteiger partial charge in [-0.3, -0.25) is 4.79 Å². The SMILES string of the molecule is CCCc1cc(=O)oc2cc(OC(=O)CCc3ccc4c(c3)OCO4)ccc12. The lowest BCUT2D eigenvalue weighted by molar-refractivity contribution is -0.134. The largest absolute Gasteiger partial charge is 0.454 e. The number of fused-ring (bicyclic) bond motifs is 2. The Labute approximate surface area is 161 Å². The van der Waals surface area contributed by atoms with E-state index in [9.17, 15) is 9.59 Å². The molecule has 0 radical (unpaired) electrons.